The first-order valence-corrected chi connectivity index (χ1v) is 10.5. The van der Waals surface area contributed by atoms with Crippen molar-refractivity contribution in [1.82, 2.24) is 9.55 Å². The van der Waals surface area contributed by atoms with E-state index < -0.39 is 5.91 Å². The Bertz CT molecular complexity index is 1160. The molecule has 1 N–H and O–H groups in total. The molecule has 5 nitrogen and oxygen atoms in total. The Morgan fingerprint density at radius 2 is 2.10 bits per heavy atom. The molecule has 4 rings (SSSR count). The van der Waals surface area contributed by atoms with Crippen molar-refractivity contribution in [2.45, 2.75) is 39.7 Å². The molecule has 0 radical (unpaired) electrons. The minimum Gasteiger partial charge on any atom is -0.346 e. The molecule has 0 atom stereocenters. The Labute approximate surface area is 174 Å². The van der Waals surface area contributed by atoms with Gasteiger partial charge in [0.1, 0.15) is 11.6 Å². The second-order valence-corrected chi connectivity index (χ2v) is 8.45. The molecular weight excluding hydrogens is 380 g/mol. The third-order valence-electron chi connectivity index (χ3n) is 5.14. The van der Waals surface area contributed by atoms with E-state index in [1.54, 1.807) is 17.4 Å². The van der Waals surface area contributed by atoms with Crippen LogP contribution in [0.4, 0.5) is 5.69 Å². The summed E-state index contributed by atoms with van der Waals surface area (Å²) in [7, 11) is 0. The summed E-state index contributed by atoms with van der Waals surface area (Å²) in [4.78, 5) is 17.2. The van der Waals surface area contributed by atoms with E-state index in [0.29, 0.717) is 11.7 Å². The average Bonchev–Trinajstić information content (AvgIpc) is 3.36. The van der Waals surface area contributed by atoms with E-state index in [-0.39, 0.29) is 5.57 Å². The van der Waals surface area contributed by atoms with E-state index in [9.17, 15) is 10.1 Å². The molecule has 1 aliphatic rings. The van der Waals surface area contributed by atoms with Gasteiger partial charge in [-0.15, -0.1) is 11.3 Å². The van der Waals surface area contributed by atoms with E-state index in [4.69, 9.17) is 0 Å². The number of rotatable bonds is 5. The Morgan fingerprint density at radius 1 is 1.31 bits per heavy atom. The van der Waals surface area contributed by atoms with Gasteiger partial charge in [0.25, 0.3) is 5.91 Å². The number of hydrogen-bond acceptors (Lipinski definition) is 4. The highest BCUT2D eigenvalue weighted by Gasteiger charge is 2.26. The molecule has 0 spiro atoms. The van der Waals surface area contributed by atoms with Gasteiger partial charge in [-0.1, -0.05) is 12.1 Å². The predicted molar refractivity (Wildman–Crippen MR) is 117 cm³/mol. The van der Waals surface area contributed by atoms with Crippen molar-refractivity contribution in [2.75, 3.05) is 5.32 Å². The molecule has 2 heterocycles. The number of carbonyl (C=O) groups excluding carboxylic acids is 1. The lowest BCUT2D eigenvalue weighted by molar-refractivity contribution is -0.112. The summed E-state index contributed by atoms with van der Waals surface area (Å²) in [6.07, 6.45) is 4.07. The molecule has 0 aliphatic heterocycles. The van der Waals surface area contributed by atoms with Crippen LogP contribution in [-0.2, 0) is 4.79 Å². The maximum absolute atomic E-state index is 12.7. The average molecular weight is 403 g/mol. The summed E-state index contributed by atoms with van der Waals surface area (Å²) in [5, 5.41) is 15.4. The van der Waals surface area contributed by atoms with Gasteiger partial charge in [-0.2, -0.15) is 5.26 Å². The van der Waals surface area contributed by atoms with Crippen LogP contribution in [0, 0.1) is 32.1 Å². The Hall–Kier alpha value is -3.17. The van der Waals surface area contributed by atoms with Crippen molar-refractivity contribution in [3.8, 4) is 17.3 Å². The fourth-order valence-corrected chi connectivity index (χ4v) is 4.22. The van der Waals surface area contributed by atoms with Gasteiger partial charge in [-0.3, -0.25) is 4.79 Å². The molecule has 1 amide bonds. The van der Waals surface area contributed by atoms with Gasteiger partial charge in [0.2, 0.25) is 0 Å². The van der Waals surface area contributed by atoms with Gasteiger partial charge < -0.3 is 9.88 Å². The van der Waals surface area contributed by atoms with Crippen LogP contribution in [0.25, 0.3) is 17.3 Å². The number of nitriles is 1. The summed E-state index contributed by atoms with van der Waals surface area (Å²) in [6, 6.07) is 12.2. The number of aromatic nitrogens is 2. The standard InChI is InChI=1S/C23H22N4OS/c1-14-9-18(15(2)27(14)21-7-8-21)10-19(12-24)23(28)26-20-6-4-5-17(11-20)22-13-29-16(3)25-22/h4-6,9-11,13,21H,7-8H2,1-3H3,(H,26,28)/b19-10+. The van der Waals surface area contributed by atoms with Gasteiger partial charge in [0, 0.05) is 34.1 Å². The van der Waals surface area contributed by atoms with Crippen molar-refractivity contribution in [3.63, 3.8) is 0 Å². The molecule has 1 aliphatic carbocycles. The monoisotopic (exact) mass is 402 g/mol. The third-order valence-corrected chi connectivity index (χ3v) is 5.91. The number of benzene rings is 1. The van der Waals surface area contributed by atoms with Crippen LogP contribution < -0.4 is 5.32 Å². The molecular formula is C23H22N4OS. The highest BCUT2D eigenvalue weighted by molar-refractivity contribution is 7.09. The van der Waals surface area contributed by atoms with Crippen LogP contribution in [0.5, 0.6) is 0 Å². The minimum absolute atomic E-state index is 0.0935. The van der Waals surface area contributed by atoms with Gasteiger partial charge in [-0.25, -0.2) is 4.98 Å². The molecule has 3 aromatic rings. The second kappa shape index (κ2) is 7.69. The SMILES string of the molecule is Cc1nc(-c2cccc(NC(=O)/C(C#N)=C/c3cc(C)n(C4CC4)c3C)c2)cs1. The maximum atomic E-state index is 12.7. The highest BCUT2D eigenvalue weighted by atomic mass is 32.1. The molecule has 0 unspecified atom stereocenters. The number of thiazole rings is 1. The number of nitrogens with one attached hydrogen (secondary N) is 1. The summed E-state index contributed by atoms with van der Waals surface area (Å²) >= 11 is 1.59. The third kappa shape index (κ3) is 4.01. The number of hydrogen-bond donors (Lipinski definition) is 1. The number of aryl methyl sites for hydroxylation is 2. The zero-order valence-electron chi connectivity index (χ0n) is 16.7. The van der Waals surface area contributed by atoms with Crippen LogP contribution in [0.3, 0.4) is 0 Å². The van der Waals surface area contributed by atoms with Crippen LogP contribution >= 0.6 is 11.3 Å². The van der Waals surface area contributed by atoms with Crippen molar-refractivity contribution < 1.29 is 4.79 Å². The van der Waals surface area contributed by atoms with E-state index in [1.165, 1.54) is 18.5 Å². The maximum Gasteiger partial charge on any atom is 0.266 e. The number of nitrogens with zero attached hydrogens (tertiary/aromatic N) is 3. The number of carbonyl (C=O) groups is 1. The molecule has 1 saturated carbocycles. The Morgan fingerprint density at radius 3 is 2.76 bits per heavy atom. The number of anilines is 1. The molecule has 0 bridgehead atoms. The van der Waals surface area contributed by atoms with Crippen molar-refractivity contribution >= 4 is 29.0 Å². The summed E-state index contributed by atoms with van der Waals surface area (Å²) in [6.45, 7) is 6.08. The topological polar surface area (TPSA) is 70.7 Å². The summed E-state index contributed by atoms with van der Waals surface area (Å²) < 4.78 is 2.30. The van der Waals surface area contributed by atoms with Gasteiger partial charge in [0.05, 0.1) is 10.7 Å². The van der Waals surface area contributed by atoms with Gasteiger partial charge in [0.15, 0.2) is 0 Å². The van der Waals surface area contributed by atoms with E-state index >= 15 is 0 Å². The van der Waals surface area contributed by atoms with Gasteiger partial charge in [-0.05, 0) is 63.5 Å². The fraction of sp³-hybridized carbons (Fsp3) is 0.261. The normalized spacial score (nSPS) is 13.9. The van der Waals surface area contributed by atoms with Crippen LogP contribution in [0.1, 0.15) is 40.8 Å². The molecule has 29 heavy (non-hydrogen) atoms. The lowest BCUT2D eigenvalue weighted by Gasteiger charge is -2.07. The lowest BCUT2D eigenvalue weighted by atomic mass is 10.1. The molecule has 1 aromatic carbocycles. The first-order valence-electron chi connectivity index (χ1n) is 9.60. The smallest absolute Gasteiger partial charge is 0.266 e. The highest BCUT2D eigenvalue weighted by Crippen LogP contribution is 2.38. The van der Waals surface area contributed by atoms with Crippen LogP contribution in [0.2, 0.25) is 0 Å². The fourth-order valence-electron chi connectivity index (χ4n) is 3.60. The van der Waals surface area contributed by atoms with Crippen LogP contribution in [0.15, 0.2) is 41.3 Å². The lowest BCUT2D eigenvalue weighted by Crippen LogP contribution is -2.13. The molecule has 0 saturated heterocycles. The minimum atomic E-state index is -0.407. The van der Waals surface area contributed by atoms with Crippen LogP contribution in [-0.4, -0.2) is 15.5 Å². The zero-order valence-corrected chi connectivity index (χ0v) is 17.5. The largest absolute Gasteiger partial charge is 0.346 e. The van der Waals surface area contributed by atoms with E-state index in [1.807, 2.05) is 49.6 Å². The predicted octanol–water partition coefficient (Wildman–Crippen LogP) is 5.42. The van der Waals surface area contributed by atoms with Crippen molar-refractivity contribution in [1.29, 1.82) is 5.26 Å². The molecule has 6 heteroatoms. The van der Waals surface area contributed by atoms with E-state index in [0.717, 1.165) is 27.5 Å². The molecule has 1 fully saturated rings. The van der Waals surface area contributed by atoms with Crippen molar-refractivity contribution in [3.05, 3.63) is 63.2 Å². The zero-order chi connectivity index (χ0) is 20.5. The quantitative estimate of drug-likeness (QED) is 0.458. The Balaban J connectivity index is 1.57. The first kappa shape index (κ1) is 19.2. The van der Waals surface area contributed by atoms with Crippen molar-refractivity contribution in [2.24, 2.45) is 0 Å². The number of amides is 1. The second-order valence-electron chi connectivity index (χ2n) is 7.38. The Kier molecular flexibility index (Phi) is 5.08. The molecule has 2 aromatic heterocycles. The summed E-state index contributed by atoms with van der Waals surface area (Å²) in [5.41, 5.74) is 5.74. The van der Waals surface area contributed by atoms with Gasteiger partial charge >= 0.3 is 0 Å². The first-order chi connectivity index (χ1) is 14.0. The molecule has 146 valence electrons. The van der Waals surface area contributed by atoms with E-state index in [2.05, 4.69) is 27.9 Å². The summed E-state index contributed by atoms with van der Waals surface area (Å²) in [5.74, 6) is -0.407.